The second kappa shape index (κ2) is 9.32. The van der Waals surface area contributed by atoms with Crippen LogP contribution in [-0.4, -0.2) is 75.3 Å². The van der Waals surface area contributed by atoms with Crippen LogP contribution in [0.3, 0.4) is 0 Å². The molecule has 7 nitrogen and oxygen atoms in total. The van der Waals surface area contributed by atoms with Crippen molar-refractivity contribution in [2.24, 2.45) is 0 Å². The quantitative estimate of drug-likeness (QED) is 0.277. The molecule has 0 spiro atoms. The minimum atomic E-state index is -4.25. The number of hydrogen-bond acceptors (Lipinski definition) is 6. The third kappa shape index (κ3) is 5.17. The molecular formula is C14H22B4O7S. The summed E-state index contributed by atoms with van der Waals surface area (Å²) in [5, 5.41) is 0. The molecule has 0 aliphatic carbocycles. The maximum atomic E-state index is 12.6. The minimum absolute atomic E-state index is 0.105. The zero-order valence-corrected chi connectivity index (χ0v) is 16.7. The van der Waals surface area contributed by atoms with Crippen molar-refractivity contribution in [3.8, 4) is 0 Å². The lowest BCUT2D eigenvalue weighted by Gasteiger charge is -2.22. The highest BCUT2D eigenvalue weighted by Crippen LogP contribution is 2.17. The van der Waals surface area contributed by atoms with Gasteiger partial charge in [0.25, 0.3) is 10.1 Å². The summed E-state index contributed by atoms with van der Waals surface area (Å²) in [5.41, 5.74) is 3.47. The van der Waals surface area contributed by atoms with Gasteiger partial charge >= 0.3 is 11.9 Å². The van der Waals surface area contributed by atoms with E-state index in [2.05, 4.69) is 0 Å². The number of carbonyl (C=O) groups is 2. The fraction of sp³-hybridized carbons (Fsp3) is 0.429. The smallest absolute Gasteiger partial charge is 0.339 e. The molecule has 0 fully saturated rings. The second-order valence-corrected chi connectivity index (χ2v) is 7.38. The summed E-state index contributed by atoms with van der Waals surface area (Å²) in [6, 6.07) is 0. The highest BCUT2D eigenvalue weighted by atomic mass is 32.2. The largest absolute Gasteiger partial charge is 0.462 e. The van der Waals surface area contributed by atoms with E-state index in [9.17, 15) is 18.0 Å². The van der Waals surface area contributed by atoms with E-state index in [4.69, 9.17) is 14.0 Å². The molecule has 1 rings (SSSR count). The van der Waals surface area contributed by atoms with Gasteiger partial charge in [-0.15, -0.1) is 0 Å². The topological polar surface area (TPSA) is 107 Å². The molecule has 0 atom stereocenters. The molecule has 0 radical (unpaired) electrons. The van der Waals surface area contributed by atoms with Crippen molar-refractivity contribution in [3.63, 3.8) is 0 Å². The van der Waals surface area contributed by atoms with Crippen LogP contribution in [0.2, 0.25) is 0 Å². The van der Waals surface area contributed by atoms with Gasteiger partial charge < -0.3 is 9.47 Å². The van der Waals surface area contributed by atoms with Gasteiger partial charge in [0.05, 0.1) is 17.7 Å². The fourth-order valence-corrected chi connectivity index (χ4v) is 3.40. The van der Waals surface area contributed by atoms with Crippen molar-refractivity contribution in [1.82, 2.24) is 0 Å². The van der Waals surface area contributed by atoms with Crippen molar-refractivity contribution >= 4 is 64.4 Å². The van der Waals surface area contributed by atoms with Crippen LogP contribution < -0.4 is 10.9 Å². The van der Waals surface area contributed by atoms with Crippen LogP contribution in [0.5, 0.6) is 0 Å². The lowest BCUT2D eigenvalue weighted by molar-refractivity contribution is 0.0480. The van der Waals surface area contributed by atoms with Crippen LogP contribution in [0, 0.1) is 0 Å². The number of rotatable bonds is 8. The van der Waals surface area contributed by atoms with Gasteiger partial charge in [-0.05, 0) is 12.5 Å². The Bertz CT molecular complexity index is 808. The van der Waals surface area contributed by atoms with E-state index < -0.39 is 34.4 Å². The van der Waals surface area contributed by atoms with E-state index >= 15 is 0 Å². The van der Waals surface area contributed by atoms with Crippen molar-refractivity contribution in [2.45, 2.75) is 19.6 Å². The van der Waals surface area contributed by atoms with Gasteiger partial charge in [-0.2, -0.15) is 8.42 Å². The normalized spacial score (nSPS) is 11.2. The molecule has 0 aliphatic heterocycles. The standard InChI is InChI=1S/C14H22B4O7S/c1-2-24-14(20)10-9(13(19)25-3-4-26(21,22)23)7(5-15)11(17)8(6-16)12(10)18/h2-6,15-18H2,1H3,(H,21,22,23). The van der Waals surface area contributed by atoms with E-state index in [1.54, 1.807) is 14.8 Å². The summed E-state index contributed by atoms with van der Waals surface area (Å²) in [5.74, 6) is -2.13. The monoisotopic (exact) mass is 378 g/mol. The molecule has 12 heteroatoms. The Hall–Kier alpha value is -1.67. The van der Waals surface area contributed by atoms with E-state index in [0.29, 0.717) is 23.7 Å². The Morgan fingerprint density at radius 3 is 1.96 bits per heavy atom. The van der Waals surface area contributed by atoms with Gasteiger partial charge in [0.1, 0.15) is 43.7 Å². The van der Waals surface area contributed by atoms with Crippen LogP contribution in [0.4, 0.5) is 0 Å². The minimum Gasteiger partial charge on any atom is -0.462 e. The molecule has 0 unspecified atom stereocenters. The molecule has 1 aromatic rings. The zero-order valence-electron chi connectivity index (χ0n) is 15.8. The van der Waals surface area contributed by atoms with Gasteiger partial charge in [0.2, 0.25) is 0 Å². The Morgan fingerprint density at radius 1 is 0.962 bits per heavy atom. The molecule has 0 saturated carbocycles. The lowest BCUT2D eigenvalue weighted by atomic mass is 9.68. The Balaban J connectivity index is 3.51. The first-order valence-electron chi connectivity index (χ1n) is 8.53. The lowest BCUT2D eigenvalue weighted by Crippen LogP contribution is -2.36. The Morgan fingerprint density at radius 2 is 1.50 bits per heavy atom. The fourth-order valence-electron chi connectivity index (χ4n) is 3.11. The maximum Gasteiger partial charge on any atom is 0.339 e. The molecule has 0 heterocycles. The Kier molecular flexibility index (Phi) is 8.02. The van der Waals surface area contributed by atoms with Crippen molar-refractivity contribution in [1.29, 1.82) is 0 Å². The van der Waals surface area contributed by atoms with Crippen molar-refractivity contribution in [3.05, 3.63) is 22.3 Å². The zero-order chi connectivity index (χ0) is 20.1. The van der Waals surface area contributed by atoms with Crippen LogP contribution in [-0.2, 0) is 32.2 Å². The average molecular weight is 378 g/mol. The third-order valence-corrected chi connectivity index (χ3v) is 4.93. The van der Waals surface area contributed by atoms with Crippen LogP contribution >= 0.6 is 0 Å². The molecule has 0 saturated heterocycles. The summed E-state index contributed by atoms with van der Waals surface area (Å²) in [7, 11) is 3.22. The number of benzene rings is 1. The van der Waals surface area contributed by atoms with Crippen LogP contribution in [0.25, 0.3) is 0 Å². The maximum absolute atomic E-state index is 12.6. The third-order valence-electron chi connectivity index (χ3n) is 4.25. The number of esters is 2. The van der Waals surface area contributed by atoms with Crippen LogP contribution in [0.15, 0.2) is 0 Å². The van der Waals surface area contributed by atoms with Crippen molar-refractivity contribution < 1.29 is 32.0 Å². The highest BCUT2D eigenvalue weighted by molar-refractivity contribution is 7.85. The van der Waals surface area contributed by atoms with Gasteiger partial charge in [-0.3, -0.25) is 4.55 Å². The number of ether oxygens (including phenoxy) is 2. The van der Waals surface area contributed by atoms with Gasteiger partial charge in [-0.25, -0.2) is 9.59 Å². The summed E-state index contributed by atoms with van der Waals surface area (Å²) >= 11 is 0. The van der Waals surface area contributed by atoms with Gasteiger partial charge in [0.15, 0.2) is 0 Å². The predicted octanol–water partition coefficient (Wildman–Crippen LogP) is -4.31. The molecule has 138 valence electrons. The molecule has 0 bridgehead atoms. The van der Waals surface area contributed by atoms with Crippen LogP contribution in [0.1, 0.15) is 38.8 Å². The summed E-state index contributed by atoms with van der Waals surface area (Å²) < 4.78 is 40.5. The van der Waals surface area contributed by atoms with E-state index in [1.165, 1.54) is 0 Å². The van der Waals surface area contributed by atoms with Gasteiger partial charge in [-0.1, -0.05) is 29.1 Å². The SMILES string of the molecule is BCc1c(B)c(CB)c(C(=O)OCCS(=O)(=O)O)c(C(=O)OCC)c1B. The van der Waals surface area contributed by atoms with Crippen molar-refractivity contribution in [2.75, 3.05) is 19.0 Å². The van der Waals surface area contributed by atoms with E-state index in [0.717, 1.165) is 11.0 Å². The molecule has 0 aliphatic rings. The molecule has 26 heavy (non-hydrogen) atoms. The summed E-state index contributed by atoms with van der Waals surface area (Å²) in [6.45, 7) is 1.33. The predicted molar refractivity (Wildman–Crippen MR) is 110 cm³/mol. The number of hydrogen-bond donors (Lipinski definition) is 1. The van der Waals surface area contributed by atoms with E-state index in [-0.39, 0.29) is 17.7 Å². The first kappa shape index (κ1) is 22.4. The molecule has 0 aromatic heterocycles. The second-order valence-electron chi connectivity index (χ2n) is 5.81. The molecular weight excluding hydrogens is 355 g/mol. The molecule has 0 amide bonds. The van der Waals surface area contributed by atoms with Gasteiger partial charge in [0, 0.05) is 0 Å². The molecule has 1 aromatic carbocycles. The number of carbonyl (C=O) groups excluding carboxylic acids is 2. The first-order chi connectivity index (χ1) is 12.1. The van der Waals surface area contributed by atoms with E-state index in [1.807, 2.05) is 23.5 Å². The average Bonchev–Trinajstić information content (AvgIpc) is 2.53. The molecule has 1 N–H and O–H groups in total. The summed E-state index contributed by atoms with van der Waals surface area (Å²) in [6.07, 6.45) is 1.18. The highest BCUT2D eigenvalue weighted by Gasteiger charge is 2.28. The Labute approximate surface area is 157 Å². The first-order valence-corrected chi connectivity index (χ1v) is 10.1. The summed E-state index contributed by atoms with van der Waals surface area (Å²) in [4.78, 5) is 25.1.